The number of nitrogens with zero attached hydrogens (tertiary/aromatic N) is 2. The molecule has 1 aromatic carbocycles. The van der Waals surface area contributed by atoms with E-state index < -0.39 is 0 Å². The number of halogens is 1. The number of aromatic nitrogens is 1. The zero-order chi connectivity index (χ0) is 13.9. The molecule has 3 rings (SSSR count). The van der Waals surface area contributed by atoms with Gasteiger partial charge in [0.05, 0.1) is 5.52 Å². The lowest BCUT2D eigenvalue weighted by Crippen LogP contribution is -2.34. The highest BCUT2D eigenvalue weighted by Gasteiger charge is 2.19. The molecule has 0 aliphatic carbocycles. The van der Waals surface area contributed by atoms with Crippen LogP contribution in [0.4, 0.5) is 0 Å². The average molecular weight is 291 g/mol. The molecule has 3 nitrogen and oxygen atoms in total. The molecule has 1 aliphatic rings. The molecule has 0 unspecified atom stereocenters. The molecule has 1 aliphatic heterocycles. The Bertz CT molecular complexity index is 594. The quantitative estimate of drug-likeness (QED) is 0.883. The molecule has 0 radical (unpaired) electrons. The predicted molar refractivity (Wildman–Crippen MR) is 81.8 cm³/mol. The predicted octanol–water partition coefficient (Wildman–Crippen LogP) is 3.09. The molecule has 1 N–H and O–H groups in total. The maximum Gasteiger partial charge on any atom is 0.134 e. The Hall–Kier alpha value is -1.16. The monoisotopic (exact) mass is 290 g/mol. The average Bonchev–Trinajstić information content (AvgIpc) is 2.49. The molecule has 20 heavy (non-hydrogen) atoms. The number of hydrogen-bond donors (Lipinski definition) is 1. The van der Waals surface area contributed by atoms with E-state index in [1.54, 1.807) is 0 Å². The second-order valence-electron chi connectivity index (χ2n) is 5.53. The number of piperidine rings is 1. The number of fused-ring (bicyclic) bond motifs is 1. The van der Waals surface area contributed by atoms with E-state index in [0.717, 1.165) is 48.9 Å². The van der Waals surface area contributed by atoms with Gasteiger partial charge in [-0.05, 0) is 44.0 Å². The van der Waals surface area contributed by atoms with Crippen LogP contribution in [0.15, 0.2) is 30.3 Å². The third-order valence-corrected chi connectivity index (χ3v) is 4.44. The largest absolute Gasteiger partial charge is 0.396 e. The van der Waals surface area contributed by atoms with Crippen LogP contribution >= 0.6 is 11.6 Å². The van der Waals surface area contributed by atoms with Gasteiger partial charge in [-0.3, -0.25) is 4.90 Å². The third-order valence-electron chi connectivity index (χ3n) is 4.11. The molecule has 1 fully saturated rings. The second-order valence-corrected chi connectivity index (χ2v) is 5.89. The molecular formula is C16H19ClN2O. The Balaban J connectivity index is 1.76. The molecule has 4 heteroatoms. The van der Waals surface area contributed by atoms with E-state index in [2.05, 4.69) is 22.0 Å². The zero-order valence-electron chi connectivity index (χ0n) is 11.4. The van der Waals surface area contributed by atoms with Crippen molar-refractivity contribution in [3.05, 3.63) is 41.0 Å². The molecule has 2 aromatic rings. The fraction of sp³-hybridized carbons (Fsp3) is 0.438. The number of hydrogen-bond acceptors (Lipinski definition) is 3. The molecule has 0 saturated carbocycles. The number of pyridine rings is 1. The number of para-hydroxylation sites is 1. The van der Waals surface area contributed by atoms with Crippen LogP contribution in [-0.4, -0.2) is 34.7 Å². The second kappa shape index (κ2) is 6.08. The van der Waals surface area contributed by atoms with Gasteiger partial charge in [0.1, 0.15) is 5.15 Å². The molecule has 2 heterocycles. The lowest BCUT2D eigenvalue weighted by molar-refractivity contribution is 0.127. The Morgan fingerprint density at radius 2 is 2.00 bits per heavy atom. The van der Waals surface area contributed by atoms with Gasteiger partial charge in [0.25, 0.3) is 0 Å². The first-order valence-corrected chi connectivity index (χ1v) is 7.51. The van der Waals surface area contributed by atoms with Gasteiger partial charge in [-0.25, -0.2) is 4.98 Å². The van der Waals surface area contributed by atoms with Gasteiger partial charge in [0.2, 0.25) is 0 Å². The molecule has 0 spiro atoms. The summed E-state index contributed by atoms with van der Waals surface area (Å²) in [5.74, 6) is 0.469. The lowest BCUT2D eigenvalue weighted by atomic mass is 9.97. The number of aliphatic hydroxyl groups is 1. The summed E-state index contributed by atoms with van der Waals surface area (Å²) in [6.07, 6.45) is 2.13. The number of likely N-dealkylation sites (tertiary alicyclic amines) is 1. The van der Waals surface area contributed by atoms with Crippen LogP contribution in [0.1, 0.15) is 18.4 Å². The molecular weight excluding hydrogens is 272 g/mol. The third kappa shape index (κ3) is 2.95. The van der Waals surface area contributed by atoms with E-state index >= 15 is 0 Å². The fourth-order valence-electron chi connectivity index (χ4n) is 2.82. The van der Waals surface area contributed by atoms with Crippen LogP contribution in [0, 0.1) is 5.92 Å². The molecule has 106 valence electrons. The van der Waals surface area contributed by atoms with Crippen molar-refractivity contribution in [3.63, 3.8) is 0 Å². The Labute approximate surface area is 124 Å². The highest BCUT2D eigenvalue weighted by molar-refractivity contribution is 6.30. The minimum absolute atomic E-state index is 0.312. The number of rotatable bonds is 3. The SMILES string of the molecule is OCC1CCN(Cc2cc3ccccc3nc2Cl)CC1. The number of aliphatic hydroxyl groups excluding tert-OH is 1. The van der Waals surface area contributed by atoms with Gasteiger partial charge >= 0.3 is 0 Å². The van der Waals surface area contributed by atoms with E-state index in [4.69, 9.17) is 11.6 Å². The van der Waals surface area contributed by atoms with Crippen LogP contribution in [0.2, 0.25) is 5.15 Å². The number of benzene rings is 1. The standard InChI is InChI=1S/C16H19ClN2O/c17-16-14(9-13-3-1-2-4-15(13)18-16)10-19-7-5-12(11-20)6-8-19/h1-4,9,12,20H,5-8,10-11H2. The van der Waals surface area contributed by atoms with Crippen molar-refractivity contribution in [1.29, 1.82) is 0 Å². The van der Waals surface area contributed by atoms with Crippen molar-refractivity contribution < 1.29 is 5.11 Å². The van der Waals surface area contributed by atoms with E-state index in [0.29, 0.717) is 17.7 Å². The smallest absolute Gasteiger partial charge is 0.134 e. The lowest BCUT2D eigenvalue weighted by Gasteiger charge is -2.31. The first-order valence-electron chi connectivity index (χ1n) is 7.13. The molecule has 1 saturated heterocycles. The van der Waals surface area contributed by atoms with Crippen LogP contribution in [0.3, 0.4) is 0 Å². The van der Waals surface area contributed by atoms with E-state index in [1.807, 2.05) is 18.2 Å². The van der Waals surface area contributed by atoms with Gasteiger partial charge in [0, 0.05) is 24.1 Å². The maximum atomic E-state index is 9.18. The van der Waals surface area contributed by atoms with Gasteiger partial charge in [0.15, 0.2) is 0 Å². The fourth-order valence-corrected chi connectivity index (χ4v) is 3.02. The van der Waals surface area contributed by atoms with Gasteiger partial charge in [-0.1, -0.05) is 29.8 Å². The highest BCUT2D eigenvalue weighted by Crippen LogP contribution is 2.24. The van der Waals surface area contributed by atoms with Crippen LogP contribution < -0.4 is 0 Å². The Kier molecular flexibility index (Phi) is 4.20. The first-order chi connectivity index (χ1) is 9.76. The van der Waals surface area contributed by atoms with Crippen molar-refractivity contribution in [2.75, 3.05) is 19.7 Å². The van der Waals surface area contributed by atoms with Crippen molar-refractivity contribution >= 4 is 22.5 Å². The van der Waals surface area contributed by atoms with Crippen LogP contribution in [0.5, 0.6) is 0 Å². The summed E-state index contributed by atoms with van der Waals surface area (Å²) in [6, 6.07) is 10.2. The summed E-state index contributed by atoms with van der Waals surface area (Å²) < 4.78 is 0. The van der Waals surface area contributed by atoms with Crippen molar-refractivity contribution in [3.8, 4) is 0 Å². The van der Waals surface area contributed by atoms with Crippen LogP contribution in [0.25, 0.3) is 10.9 Å². The summed E-state index contributed by atoms with van der Waals surface area (Å²) in [5.41, 5.74) is 2.04. The summed E-state index contributed by atoms with van der Waals surface area (Å²) in [7, 11) is 0. The summed E-state index contributed by atoms with van der Waals surface area (Å²) in [5, 5.41) is 10.9. The first kappa shape index (κ1) is 13.8. The minimum atomic E-state index is 0.312. The van der Waals surface area contributed by atoms with Gasteiger partial charge in [-0.15, -0.1) is 0 Å². The summed E-state index contributed by atoms with van der Waals surface area (Å²) in [4.78, 5) is 6.86. The Morgan fingerprint density at radius 3 is 2.75 bits per heavy atom. The van der Waals surface area contributed by atoms with Gasteiger partial charge in [-0.2, -0.15) is 0 Å². The molecule has 1 aromatic heterocycles. The zero-order valence-corrected chi connectivity index (χ0v) is 12.2. The van der Waals surface area contributed by atoms with Crippen molar-refractivity contribution in [2.45, 2.75) is 19.4 Å². The highest BCUT2D eigenvalue weighted by atomic mass is 35.5. The molecule has 0 amide bonds. The Morgan fingerprint density at radius 1 is 1.25 bits per heavy atom. The normalized spacial score (nSPS) is 17.7. The maximum absolute atomic E-state index is 9.18. The van der Waals surface area contributed by atoms with E-state index in [1.165, 1.54) is 0 Å². The molecule has 0 atom stereocenters. The summed E-state index contributed by atoms with van der Waals surface area (Å²) >= 11 is 6.30. The molecule has 0 bridgehead atoms. The van der Waals surface area contributed by atoms with Crippen molar-refractivity contribution in [2.24, 2.45) is 5.92 Å². The van der Waals surface area contributed by atoms with E-state index in [-0.39, 0.29) is 0 Å². The van der Waals surface area contributed by atoms with Crippen molar-refractivity contribution in [1.82, 2.24) is 9.88 Å². The topological polar surface area (TPSA) is 36.4 Å². The van der Waals surface area contributed by atoms with E-state index in [9.17, 15) is 5.11 Å². The summed E-state index contributed by atoms with van der Waals surface area (Å²) in [6.45, 7) is 3.20. The van der Waals surface area contributed by atoms with Crippen LogP contribution in [-0.2, 0) is 6.54 Å². The minimum Gasteiger partial charge on any atom is -0.396 e. The van der Waals surface area contributed by atoms with Gasteiger partial charge < -0.3 is 5.11 Å².